The lowest BCUT2D eigenvalue weighted by atomic mass is 9.89. The van der Waals surface area contributed by atoms with Gasteiger partial charge in [-0.2, -0.15) is 0 Å². The minimum Gasteiger partial charge on any atom is -0.469 e. The predicted octanol–water partition coefficient (Wildman–Crippen LogP) is 2.91. The van der Waals surface area contributed by atoms with Gasteiger partial charge in [-0.15, -0.1) is 0 Å². The van der Waals surface area contributed by atoms with Gasteiger partial charge in [-0.05, 0) is 47.0 Å². The molecule has 0 amide bonds. The summed E-state index contributed by atoms with van der Waals surface area (Å²) in [5, 5.41) is 0. The van der Waals surface area contributed by atoms with Crippen molar-refractivity contribution < 1.29 is 18.8 Å². The summed E-state index contributed by atoms with van der Waals surface area (Å²) in [7, 11) is 1.14. The molecular weight excluding hydrogens is 243 g/mol. The topological polar surface area (TPSA) is 44.8 Å². The number of hydrogen-bond donors (Lipinski definition) is 0. The van der Waals surface area contributed by atoms with Crippen LogP contribution in [0, 0.1) is 0 Å². The van der Waals surface area contributed by atoms with Gasteiger partial charge in [-0.1, -0.05) is 12.1 Å². The maximum Gasteiger partial charge on any atom is 0.486 e. The predicted molar refractivity (Wildman–Crippen MR) is 75.7 cm³/mol. The molecule has 0 N–H and O–H groups in total. The monoisotopic (exact) mass is 268 g/mol. The van der Waals surface area contributed by atoms with Crippen LogP contribution < -0.4 is 0 Å². The summed E-state index contributed by atoms with van der Waals surface area (Å²) in [5.74, 6) is 1.81. The van der Waals surface area contributed by atoms with Crippen LogP contribution >= 0.6 is 0 Å². The summed E-state index contributed by atoms with van der Waals surface area (Å²) in [6.45, 7) is 8.16. The van der Waals surface area contributed by atoms with Crippen LogP contribution in [0.4, 0.5) is 0 Å². The van der Waals surface area contributed by atoms with Crippen molar-refractivity contribution in [3.05, 3.63) is 12.1 Å². The first-order valence-corrected chi connectivity index (χ1v) is 6.87. The van der Waals surface area contributed by atoms with E-state index in [0.717, 1.165) is 19.3 Å². The molecule has 0 aromatic heterocycles. The summed E-state index contributed by atoms with van der Waals surface area (Å²) >= 11 is 0. The van der Waals surface area contributed by atoms with Gasteiger partial charge >= 0.3 is 13.1 Å². The molecule has 0 radical (unpaired) electrons. The van der Waals surface area contributed by atoms with Crippen molar-refractivity contribution in [3.63, 3.8) is 0 Å². The Bertz CT molecular complexity index is 320. The number of esters is 1. The third-order valence-electron chi connectivity index (χ3n) is 3.79. The van der Waals surface area contributed by atoms with Gasteiger partial charge in [0.25, 0.3) is 0 Å². The molecule has 0 spiro atoms. The largest absolute Gasteiger partial charge is 0.486 e. The SMILES string of the molecule is COC(=O)CCCCC=CB1OC(C)(C)C(C)(C)O1. The van der Waals surface area contributed by atoms with Crippen LogP contribution in [0.1, 0.15) is 53.4 Å². The molecule has 1 heterocycles. The van der Waals surface area contributed by atoms with Crippen molar-refractivity contribution in [3.8, 4) is 0 Å². The highest BCUT2D eigenvalue weighted by Crippen LogP contribution is 2.36. The lowest BCUT2D eigenvalue weighted by molar-refractivity contribution is -0.140. The fourth-order valence-corrected chi connectivity index (χ4v) is 1.81. The smallest absolute Gasteiger partial charge is 0.469 e. The molecule has 5 heteroatoms. The Kier molecular flexibility index (Phi) is 5.62. The number of hydrogen-bond acceptors (Lipinski definition) is 4. The van der Waals surface area contributed by atoms with E-state index in [-0.39, 0.29) is 24.3 Å². The number of carbonyl (C=O) groups is 1. The van der Waals surface area contributed by atoms with Crippen LogP contribution in [-0.2, 0) is 18.8 Å². The Morgan fingerprint density at radius 2 is 1.74 bits per heavy atom. The van der Waals surface area contributed by atoms with Gasteiger partial charge in [-0.25, -0.2) is 0 Å². The van der Waals surface area contributed by atoms with E-state index in [1.807, 2.05) is 33.7 Å². The van der Waals surface area contributed by atoms with Gasteiger partial charge in [0, 0.05) is 6.42 Å². The van der Waals surface area contributed by atoms with Gasteiger partial charge < -0.3 is 14.0 Å². The number of carbonyl (C=O) groups excluding carboxylic acids is 1. The normalized spacial score (nSPS) is 21.0. The second kappa shape index (κ2) is 6.57. The summed E-state index contributed by atoms with van der Waals surface area (Å²) < 4.78 is 16.3. The first kappa shape index (κ1) is 16.2. The molecule has 0 unspecified atom stereocenters. The van der Waals surface area contributed by atoms with Crippen LogP contribution in [0.5, 0.6) is 0 Å². The summed E-state index contributed by atoms with van der Waals surface area (Å²) in [5.41, 5.74) is -0.570. The minimum atomic E-state index is -0.285. The number of ether oxygens (including phenoxy) is 1. The highest BCUT2D eigenvalue weighted by atomic mass is 16.7. The minimum absolute atomic E-state index is 0.144. The average Bonchev–Trinajstić information content (AvgIpc) is 2.51. The van der Waals surface area contributed by atoms with E-state index in [0.29, 0.717) is 6.42 Å². The van der Waals surface area contributed by atoms with E-state index in [1.54, 1.807) is 0 Å². The highest BCUT2D eigenvalue weighted by molar-refractivity contribution is 6.51. The highest BCUT2D eigenvalue weighted by Gasteiger charge is 2.49. The van der Waals surface area contributed by atoms with Crippen LogP contribution in [-0.4, -0.2) is 31.4 Å². The molecule has 0 atom stereocenters. The summed E-state index contributed by atoms with van der Waals surface area (Å²) in [6, 6.07) is 0. The van der Waals surface area contributed by atoms with Gasteiger partial charge in [0.05, 0.1) is 18.3 Å². The zero-order chi connectivity index (χ0) is 14.5. The van der Waals surface area contributed by atoms with Crippen molar-refractivity contribution in [1.29, 1.82) is 0 Å². The summed E-state index contributed by atoms with van der Waals surface area (Å²) in [6.07, 6.45) is 5.27. The third kappa shape index (κ3) is 4.66. The van der Waals surface area contributed by atoms with Crippen molar-refractivity contribution in [2.75, 3.05) is 7.11 Å². The second-order valence-electron chi connectivity index (χ2n) is 5.87. The van der Waals surface area contributed by atoms with Crippen molar-refractivity contribution in [1.82, 2.24) is 0 Å². The Balaban J connectivity index is 2.23. The van der Waals surface area contributed by atoms with E-state index >= 15 is 0 Å². The zero-order valence-electron chi connectivity index (χ0n) is 12.7. The molecule has 0 aliphatic carbocycles. The maximum absolute atomic E-state index is 10.9. The number of rotatable bonds is 6. The number of allylic oxidation sites excluding steroid dienone is 1. The molecule has 0 aromatic carbocycles. The first-order chi connectivity index (χ1) is 8.78. The molecular formula is C14H25BO4. The molecule has 1 aliphatic rings. The van der Waals surface area contributed by atoms with E-state index in [2.05, 4.69) is 10.8 Å². The Labute approximate surface area is 116 Å². The molecule has 1 rings (SSSR count). The lowest BCUT2D eigenvalue weighted by Gasteiger charge is -2.32. The van der Waals surface area contributed by atoms with Crippen LogP contribution in [0.15, 0.2) is 12.1 Å². The van der Waals surface area contributed by atoms with E-state index in [9.17, 15) is 4.79 Å². The van der Waals surface area contributed by atoms with E-state index in [4.69, 9.17) is 9.31 Å². The Morgan fingerprint density at radius 1 is 1.16 bits per heavy atom. The fourth-order valence-electron chi connectivity index (χ4n) is 1.81. The Hall–Kier alpha value is -0.805. The molecule has 0 saturated carbocycles. The summed E-state index contributed by atoms with van der Waals surface area (Å²) in [4.78, 5) is 10.9. The molecule has 1 fully saturated rings. The molecule has 108 valence electrons. The molecule has 0 aromatic rings. The van der Waals surface area contributed by atoms with Crippen LogP contribution in [0.2, 0.25) is 0 Å². The Morgan fingerprint density at radius 3 is 2.26 bits per heavy atom. The molecule has 4 nitrogen and oxygen atoms in total. The van der Waals surface area contributed by atoms with Crippen molar-refractivity contribution in [2.45, 2.75) is 64.6 Å². The second-order valence-corrected chi connectivity index (χ2v) is 5.87. The number of unbranched alkanes of at least 4 members (excludes halogenated alkanes) is 2. The standard InChI is InChI=1S/C14H25BO4/c1-13(2)14(3,4)19-15(18-13)11-9-7-6-8-10-12(16)17-5/h9,11H,6-8,10H2,1-5H3. The molecule has 1 saturated heterocycles. The average molecular weight is 268 g/mol. The fraction of sp³-hybridized carbons (Fsp3) is 0.786. The lowest BCUT2D eigenvalue weighted by Crippen LogP contribution is -2.41. The van der Waals surface area contributed by atoms with E-state index in [1.165, 1.54) is 7.11 Å². The first-order valence-electron chi connectivity index (χ1n) is 6.87. The molecule has 0 bridgehead atoms. The van der Waals surface area contributed by atoms with Crippen molar-refractivity contribution >= 4 is 13.1 Å². The van der Waals surface area contributed by atoms with Gasteiger partial charge in [0.2, 0.25) is 0 Å². The quantitative estimate of drug-likeness (QED) is 0.422. The number of methoxy groups -OCH3 is 1. The third-order valence-corrected chi connectivity index (χ3v) is 3.79. The zero-order valence-corrected chi connectivity index (χ0v) is 12.7. The molecule has 1 aliphatic heterocycles. The van der Waals surface area contributed by atoms with Crippen LogP contribution in [0.25, 0.3) is 0 Å². The van der Waals surface area contributed by atoms with Gasteiger partial charge in [0.15, 0.2) is 0 Å². The van der Waals surface area contributed by atoms with Crippen LogP contribution in [0.3, 0.4) is 0 Å². The van der Waals surface area contributed by atoms with E-state index < -0.39 is 0 Å². The molecule has 19 heavy (non-hydrogen) atoms. The van der Waals surface area contributed by atoms with Gasteiger partial charge in [0.1, 0.15) is 0 Å². The van der Waals surface area contributed by atoms with Crippen molar-refractivity contribution in [2.24, 2.45) is 0 Å². The maximum atomic E-state index is 10.9. The van der Waals surface area contributed by atoms with Gasteiger partial charge in [-0.3, -0.25) is 4.79 Å².